The third kappa shape index (κ3) is 5.02. The van der Waals surface area contributed by atoms with Crippen molar-refractivity contribution in [2.24, 2.45) is 0 Å². The fourth-order valence-electron chi connectivity index (χ4n) is 6.07. The van der Waals surface area contributed by atoms with Crippen molar-refractivity contribution in [1.82, 2.24) is 20.0 Å². The molecule has 1 aromatic heterocycles. The number of rotatable bonds is 6. The molecule has 0 radical (unpaired) electrons. The Morgan fingerprint density at radius 2 is 1.80 bits per heavy atom. The summed E-state index contributed by atoms with van der Waals surface area (Å²) in [4.78, 5) is 19.1. The quantitative estimate of drug-likeness (QED) is 0.418. The number of fused-ring (bicyclic) bond motifs is 1. The second kappa shape index (κ2) is 10.4. The molecule has 2 saturated heterocycles. The van der Waals surface area contributed by atoms with Crippen LogP contribution in [0.25, 0.3) is 0 Å². The third-order valence-electron chi connectivity index (χ3n) is 8.28. The highest BCUT2D eigenvalue weighted by atomic mass is 19.4. The molecule has 0 spiro atoms. The van der Waals surface area contributed by atoms with E-state index in [0.29, 0.717) is 56.6 Å². The van der Waals surface area contributed by atoms with E-state index in [2.05, 4.69) is 10.4 Å². The topological polar surface area (TPSA) is 56.6 Å². The number of amides is 2. The highest BCUT2D eigenvalue weighted by Crippen LogP contribution is 2.37. The molecule has 212 valence electrons. The number of para-hydroxylation sites is 1. The summed E-state index contributed by atoms with van der Waals surface area (Å²) >= 11 is 0. The average molecular weight is 557 g/mol. The highest BCUT2D eigenvalue weighted by Gasteiger charge is 2.40. The maximum Gasteiger partial charge on any atom is 0.416 e. The molecule has 0 unspecified atom stereocenters. The van der Waals surface area contributed by atoms with E-state index in [9.17, 15) is 22.4 Å². The van der Waals surface area contributed by atoms with Crippen molar-refractivity contribution in [3.8, 4) is 0 Å². The number of carbonyl (C=O) groups is 1. The first kappa shape index (κ1) is 26.6. The van der Waals surface area contributed by atoms with Crippen molar-refractivity contribution < 1.29 is 22.4 Å². The van der Waals surface area contributed by atoms with E-state index in [0.717, 1.165) is 30.2 Å². The second-order valence-corrected chi connectivity index (χ2v) is 10.9. The van der Waals surface area contributed by atoms with Crippen LogP contribution in [0.1, 0.15) is 41.5 Å². The monoisotopic (exact) mass is 556 g/mol. The van der Waals surface area contributed by atoms with Crippen molar-refractivity contribution in [2.45, 2.75) is 64.1 Å². The van der Waals surface area contributed by atoms with Gasteiger partial charge in [-0.15, -0.1) is 0 Å². The number of urea groups is 1. The first-order valence-corrected chi connectivity index (χ1v) is 13.7. The first-order valence-electron chi connectivity index (χ1n) is 13.7. The van der Waals surface area contributed by atoms with Gasteiger partial charge in [0.05, 0.1) is 30.9 Å². The lowest BCUT2D eigenvalue weighted by atomic mass is 10.00. The lowest BCUT2D eigenvalue weighted by molar-refractivity contribution is -0.138. The number of carbonyl (C=O) groups excluding carboxylic acids is 1. The van der Waals surface area contributed by atoms with E-state index < -0.39 is 11.7 Å². The maximum atomic E-state index is 14.6. The SMILES string of the molecule is Cc1cccc(F)c1N1CCC(N2Cc3cn(C[C@H]4CCN4)nc3N(Cc3ccccc3C(F)(F)F)C2=O)CC1. The number of aromatic nitrogens is 2. The summed E-state index contributed by atoms with van der Waals surface area (Å²) in [6.45, 7) is 4.72. The largest absolute Gasteiger partial charge is 0.416 e. The van der Waals surface area contributed by atoms with Crippen LogP contribution >= 0.6 is 0 Å². The number of aryl methyl sites for hydroxylation is 1. The summed E-state index contributed by atoms with van der Waals surface area (Å²) in [6, 6.07) is 10.2. The van der Waals surface area contributed by atoms with E-state index >= 15 is 0 Å². The zero-order chi connectivity index (χ0) is 28.0. The predicted octanol–water partition coefficient (Wildman–Crippen LogP) is 5.32. The van der Waals surface area contributed by atoms with Gasteiger partial charge in [0.15, 0.2) is 5.82 Å². The summed E-state index contributed by atoms with van der Waals surface area (Å²) in [6.07, 6.45) is -0.345. The van der Waals surface area contributed by atoms with Crippen LogP contribution in [0, 0.1) is 12.7 Å². The van der Waals surface area contributed by atoms with Crippen molar-refractivity contribution in [3.05, 3.63) is 76.7 Å². The Labute approximate surface area is 230 Å². The Bertz CT molecular complexity index is 1370. The molecule has 11 heteroatoms. The number of anilines is 2. The zero-order valence-electron chi connectivity index (χ0n) is 22.3. The number of halogens is 4. The van der Waals surface area contributed by atoms with Gasteiger partial charge in [-0.2, -0.15) is 18.3 Å². The summed E-state index contributed by atoms with van der Waals surface area (Å²) in [5, 5.41) is 8.00. The molecule has 40 heavy (non-hydrogen) atoms. The Hall–Kier alpha value is -3.60. The summed E-state index contributed by atoms with van der Waals surface area (Å²) in [5.41, 5.74) is 1.53. The molecule has 2 amide bonds. The summed E-state index contributed by atoms with van der Waals surface area (Å²) < 4.78 is 57.9. The molecule has 4 heterocycles. The van der Waals surface area contributed by atoms with Crippen molar-refractivity contribution in [2.75, 3.05) is 29.4 Å². The Morgan fingerprint density at radius 3 is 2.48 bits per heavy atom. The number of nitrogens with one attached hydrogen (secondary N) is 1. The van der Waals surface area contributed by atoms with Gasteiger partial charge in [0.2, 0.25) is 0 Å². The standard InChI is InChI=1S/C29H32F4N6O/c1-19-5-4-8-25(30)26(19)36-13-10-23(11-14-36)38-17-21-15-37(18-22-9-12-34-22)35-27(21)39(28(38)40)16-20-6-2-3-7-24(20)29(31,32)33/h2-8,15,22-23,34H,9-14,16-18H2,1H3/t22-/m1/s1. The van der Waals surface area contributed by atoms with Crippen LogP contribution in [-0.4, -0.2) is 52.4 Å². The molecule has 6 rings (SSSR count). The molecule has 2 aromatic carbocycles. The van der Waals surface area contributed by atoms with Crippen molar-refractivity contribution in [1.29, 1.82) is 0 Å². The van der Waals surface area contributed by atoms with E-state index in [4.69, 9.17) is 0 Å². The minimum absolute atomic E-state index is 0.0243. The summed E-state index contributed by atoms with van der Waals surface area (Å²) in [5.74, 6) is 0.150. The van der Waals surface area contributed by atoms with Gasteiger partial charge in [0.1, 0.15) is 5.82 Å². The van der Waals surface area contributed by atoms with E-state index in [1.54, 1.807) is 21.7 Å². The van der Waals surface area contributed by atoms with Crippen molar-refractivity contribution in [3.63, 3.8) is 0 Å². The molecule has 7 nitrogen and oxygen atoms in total. The number of hydrogen-bond donors (Lipinski definition) is 1. The summed E-state index contributed by atoms with van der Waals surface area (Å²) in [7, 11) is 0. The van der Waals surface area contributed by atoms with Crippen LogP contribution in [0.4, 0.5) is 33.9 Å². The number of piperidine rings is 1. The van der Waals surface area contributed by atoms with Gasteiger partial charge >= 0.3 is 12.2 Å². The number of alkyl halides is 3. The van der Waals surface area contributed by atoms with E-state index in [1.165, 1.54) is 23.1 Å². The maximum absolute atomic E-state index is 14.6. The molecular weight excluding hydrogens is 524 g/mol. The molecule has 3 aromatic rings. The van der Waals surface area contributed by atoms with Gasteiger partial charge in [0.25, 0.3) is 0 Å². The fraction of sp³-hybridized carbons (Fsp3) is 0.448. The Kier molecular flexibility index (Phi) is 6.93. The number of nitrogens with zero attached hydrogens (tertiary/aromatic N) is 5. The van der Waals surface area contributed by atoms with Gasteiger partial charge < -0.3 is 15.1 Å². The second-order valence-electron chi connectivity index (χ2n) is 10.9. The molecule has 3 aliphatic rings. The van der Waals surface area contributed by atoms with Crippen LogP contribution in [0.3, 0.4) is 0 Å². The molecule has 0 bridgehead atoms. The van der Waals surface area contributed by atoms with E-state index in [1.807, 2.05) is 24.1 Å². The zero-order valence-corrected chi connectivity index (χ0v) is 22.3. The molecule has 1 atom stereocenters. The van der Waals surface area contributed by atoms with Crippen LogP contribution in [-0.2, 0) is 25.8 Å². The molecule has 3 aliphatic heterocycles. The number of benzene rings is 2. The Morgan fingerprint density at radius 1 is 1.05 bits per heavy atom. The lowest BCUT2D eigenvalue weighted by Crippen LogP contribution is -2.54. The molecule has 1 N–H and O–H groups in total. The first-order chi connectivity index (χ1) is 19.2. The lowest BCUT2D eigenvalue weighted by Gasteiger charge is -2.43. The molecular formula is C29H32F4N6O. The fourth-order valence-corrected chi connectivity index (χ4v) is 6.07. The predicted molar refractivity (Wildman–Crippen MR) is 144 cm³/mol. The van der Waals surface area contributed by atoms with Crippen LogP contribution < -0.4 is 15.1 Å². The van der Waals surface area contributed by atoms with Gasteiger partial charge in [-0.1, -0.05) is 30.3 Å². The van der Waals surface area contributed by atoms with Crippen LogP contribution in [0.5, 0.6) is 0 Å². The molecule has 0 saturated carbocycles. The van der Waals surface area contributed by atoms with Crippen LogP contribution in [0.2, 0.25) is 0 Å². The minimum Gasteiger partial charge on any atom is -0.369 e. The highest BCUT2D eigenvalue weighted by molar-refractivity contribution is 5.94. The van der Waals surface area contributed by atoms with Gasteiger partial charge in [-0.05, 0) is 56.0 Å². The minimum atomic E-state index is -4.54. The molecule has 0 aliphatic carbocycles. The van der Waals surface area contributed by atoms with E-state index in [-0.39, 0.29) is 30.0 Å². The van der Waals surface area contributed by atoms with Gasteiger partial charge in [-0.3, -0.25) is 9.58 Å². The number of hydrogen-bond acceptors (Lipinski definition) is 4. The normalized spacial score (nSPS) is 20.1. The van der Waals surface area contributed by atoms with Crippen molar-refractivity contribution >= 4 is 17.5 Å². The average Bonchev–Trinajstić information content (AvgIpc) is 3.30. The van der Waals surface area contributed by atoms with Gasteiger partial charge in [-0.25, -0.2) is 9.18 Å². The molecule has 2 fully saturated rings. The van der Waals surface area contributed by atoms with Gasteiger partial charge in [0, 0.05) is 36.9 Å². The third-order valence-corrected chi connectivity index (χ3v) is 8.28. The smallest absolute Gasteiger partial charge is 0.369 e. The Balaban J connectivity index is 1.27. The van der Waals surface area contributed by atoms with Crippen LogP contribution in [0.15, 0.2) is 48.7 Å².